The fourth-order valence-electron chi connectivity index (χ4n) is 4.15. The topological polar surface area (TPSA) is 32.3 Å². The molecule has 2 saturated heterocycles. The van der Waals surface area contributed by atoms with Gasteiger partial charge in [0.15, 0.2) is 0 Å². The molecular formula is C20H23BrN2O. The molecule has 0 spiro atoms. The Morgan fingerprint density at radius 1 is 1.04 bits per heavy atom. The number of nitrogens with zero attached hydrogens (tertiary/aromatic N) is 1. The number of nitrogens with one attached hydrogen (secondary N) is 1. The lowest BCUT2D eigenvalue weighted by Gasteiger charge is -2.35. The van der Waals surface area contributed by atoms with Gasteiger partial charge in [0.25, 0.3) is 5.91 Å². The van der Waals surface area contributed by atoms with E-state index in [4.69, 9.17) is 0 Å². The Labute approximate surface area is 151 Å². The Morgan fingerprint density at radius 3 is 2.54 bits per heavy atom. The second kappa shape index (κ2) is 6.85. The molecule has 0 radical (unpaired) electrons. The van der Waals surface area contributed by atoms with E-state index >= 15 is 0 Å². The highest BCUT2D eigenvalue weighted by molar-refractivity contribution is 9.10. The number of likely N-dealkylation sites (tertiary alicyclic amines) is 1. The van der Waals surface area contributed by atoms with Gasteiger partial charge >= 0.3 is 0 Å². The second-order valence-corrected chi connectivity index (χ2v) is 7.95. The first kappa shape index (κ1) is 16.1. The lowest BCUT2D eigenvalue weighted by molar-refractivity contribution is 0.0674. The molecule has 0 bridgehead atoms. The summed E-state index contributed by atoms with van der Waals surface area (Å²) in [6.45, 7) is 2.94. The third-order valence-corrected chi connectivity index (χ3v) is 6.04. The van der Waals surface area contributed by atoms with Crippen LogP contribution < -0.4 is 5.32 Å². The number of piperidine rings is 1. The van der Waals surface area contributed by atoms with Gasteiger partial charge < -0.3 is 10.2 Å². The first-order chi connectivity index (χ1) is 11.7. The molecule has 2 heterocycles. The molecule has 2 fully saturated rings. The van der Waals surface area contributed by atoms with E-state index in [1.54, 1.807) is 0 Å². The molecule has 4 heteroatoms. The van der Waals surface area contributed by atoms with Crippen LogP contribution in [0.2, 0.25) is 0 Å². The predicted octanol–water partition coefficient (Wildman–Crippen LogP) is 4.21. The molecule has 2 aliphatic rings. The maximum absolute atomic E-state index is 12.8. The molecule has 2 aromatic rings. The van der Waals surface area contributed by atoms with Crippen molar-refractivity contribution in [2.45, 2.75) is 31.7 Å². The van der Waals surface area contributed by atoms with E-state index in [-0.39, 0.29) is 5.91 Å². The van der Waals surface area contributed by atoms with Crippen molar-refractivity contribution in [2.75, 3.05) is 19.6 Å². The summed E-state index contributed by atoms with van der Waals surface area (Å²) >= 11 is 3.50. The molecule has 2 aliphatic heterocycles. The summed E-state index contributed by atoms with van der Waals surface area (Å²) in [5, 5.41) is 5.90. The van der Waals surface area contributed by atoms with E-state index in [0.717, 1.165) is 59.2 Å². The molecule has 1 atom stereocenters. The van der Waals surface area contributed by atoms with Gasteiger partial charge in [0, 0.05) is 29.2 Å². The van der Waals surface area contributed by atoms with Gasteiger partial charge in [-0.15, -0.1) is 0 Å². The zero-order valence-corrected chi connectivity index (χ0v) is 15.4. The summed E-state index contributed by atoms with van der Waals surface area (Å²) in [4.78, 5) is 14.9. The van der Waals surface area contributed by atoms with Crippen LogP contribution >= 0.6 is 15.9 Å². The number of fused-ring (bicyclic) bond motifs is 1. The quantitative estimate of drug-likeness (QED) is 0.838. The van der Waals surface area contributed by atoms with Gasteiger partial charge in [-0.3, -0.25) is 4.79 Å². The largest absolute Gasteiger partial charge is 0.339 e. The Balaban J connectivity index is 1.45. The number of hydrogen-bond donors (Lipinski definition) is 1. The highest BCUT2D eigenvalue weighted by Gasteiger charge is 2.30. The van der Waals surface area contributed by atoms with Crippen molar-refractivity contribution in [3.8, 4) is 0 Å². The number of rotatable bonds is 2. The minimum absolute atomic E-state index is 0.178. The summed E-state index contributed by atoms with van der Waals surface area (Å²) in [5.74, 6) is 0.920. The van der Waals surface area contributed by atoms with Crippen molar-refractivity contribution in [1.29, 1.82) is 0 Å². The molecule has 4 rings (SSSR count). The first-order valence-electron chi connectivity index (χ1n) is 8.93. The Kier molecular flexibility index (Phi) is 4.59. The first-order valence-corrected chi connectivity index (χ1v) is 9.72. The lowest BCUT2D eigenvalue weighted by Crippen LogP contribution is -2.43. The van der Waals surface area contributed by atoms with Gasteiger partial charge in [0.2, 0.25) is 0 Å². The van der Waals surface area contributed by atoms with Gasteiger partial charge in [0.05, 0.1) is 0 Å². The van der Waals surface area contributed by atoms with Crippen molar-refractivity contribution in [1.82, 2.24) is 10.2 Å². The molecule has 126 valence electrons. The van der Waals surface area contributed by atoms with E-state index in [1.807, 2.05) is 29.2 Å². The molecular weight excluding hydrogens is 364 g/mol. The van der Waals surface area contributed by atoms with Crippen LogP contribution in [0.1, 0.15) is 36.0 Å². The highest BCUT2D eigenvalue weighted by Crippen LogP contribution is 2.27. The Morgan fingerprint density at radius 2 is 1.79 bits per heavy atom. The minimum Gasteiger partial charge on any atom is -0.339 e. The molecule has 2 aromatic carbocycles. The molecule has 1 unspecified atom stereocenters. The zero-order valence-electron chi connectivity index (χ0n) is 13.8. The highest BCUT2D eigenvalue weighted by atomic mass is 79.9. The van der Waals surface area contributed by atoms with E-state index in [1.165, 1.54) is 12.8 Å². The normalized spacial score (nSPS) is 22.2. The smallest absolute Gasteiger partial charge is 0.253 e. The lowest BCUT2D eigenvalue weighted by atomic mass is 9.88. The van der Waals surface area contributed by atoms with Crippen molar-refractivity contribution in [3.05, 3.63) is 46.4 Å². The van der Waals surface area contributed by atoms with Gasteiger partial charge in [-0.1, -0.05) is 28.1 Å². The Bertz CT molecular complexity index is 746. The molecule has 0 aromatic heterocycles. The maximum atomic E-state index is 12.8. The average Bonchev–Trinajstić information content (AvgIpc) is 3.15. The van der Waals surface area contributed by atoms with Crippen molar-refractivity contribution >= 4 is 32.6 Å². The average molecular weight is 387 g/mol. The van der Waals surface area contributed by atoms with Crippen LogP contribution in [0, 0.1) is 5.92 Å². The van der Waals surface area contributed by atoms with Crippen molar-refractivity contribution < 1.29 is 4.79 Å². The molecule has 0 saturated carbocycles. The third-order valence-electron chi connectivity index (χ3n) is 5.54. The van der Waals surface area contributed by atoms with Crippen LogP contribution in [0.5, 0.6) is 0 Å². The molecule has 1 amide bonds. The van der Waals surface area contributed by atoms with Gasteiger partial charge in [0.1, 0.15) is 0 Å². The molecule has 1 N–H and O–H groups in total. The standard InChI is InChI=1S/C20H23BrN2O/c21-18-6-5-15-12-17(4-3-16(15)13-18)20(24)23-10-7-14(8-11-23)19-2-1-9-22-19/h3-6,12-14,19,22H,1-2,7-11H2. The van der Waals surface area contributed by atoms with Crippen molar-refractivity contribution in [3.63, 3.8) is 0 Å². The summed E-state index contributed by atoms with van der Waals surface area (Å²) < 4.78 is 1.07. The van der Waals surface area contributed by atoms with Gasteiger partial charge in [-0.25, -0.2) is 0 Å². The third kappa shape index (κ3) is 3.22. The number of halogens is 1. The summed E-state index contributed by atoms with van der Waals surface area (Å²) in [6.07, 6.45) is 4.86. The van der Waals surface area contributed by atoms with Crippen LogP contribution in [0.4, 0.5) is 0 Å². The van der Waals surface area contributed by atoms with Crippen LogP contribution in [-0.4, -0.2) is 36.5 Å². The minimum atomic E-state index is 0.178. The number of hydrogen-bond acceptors (Lipinski definition) is 2. The summed E-state index contributed by atoms with van der Waals surface area (Å²) in [5.41, 5.74) is 0.808. The fraction of sp³-hybridized carbons (Fsp3) is 0.450. The number of benzene rings is 2. The summed E-state index contributed by atoms with van der Waals surface area (Å²) in [7, 11) is 0. The van der Waals surface area contributed by atoms with Gasteiger partial charge in [-0.05, 0) is 73.2 Å². The predicted molar refractivity (Wildman–Crippen MR) is 101 cm³/mol. The monoisotopic (exact) mass is 386 g/mol. The van der Waals surface area contributed by atoms with Gasteiger partial charge in [-0.2, -0.15) is 0 Å². The molecule has 0 aliphatic carbocycles. The van der Waals surface area contributed by atoms with E-state index in [2.05, 4.69) is 33.4 Å². The van der Waals surface area contributed by atoms with Crippen LogP contribution in [-0.2, 0) is 0 Å². The van der Waals surface area contributed by atoms with Crippen molar-refractivity contribution in [2.24, 2.45) is 5.92 Å². The van der Waals surface area contributed by atoms with E-state index in [0.29, 0.717) is 6.04 Å². The van der Waals surface area contributed by atoms with E-state index < -0.39 is 0 Å². The van der Waals surface area contributed by atoms with E-state index in [9.17, 15) is 4.79 Å². The zero-order chi connectivity index (χ0) is 16.5. The molecule has 24 heavy (non-hydrogen) atoms. The number of amides is 1. The SMILES string of the molecule is O=C(c1ccc2cc(Br)ccc2c1)N1CCC(C2CCCN2)CC1. The number of carbonyl (C=O) groups excluding carboxylic acids is 1. The number of carbonyl (C=O) groups is 1. The maximum Gasteiger partial charge on any atom is 0.253 e. The van der Waals surface area contributed by atoms with Crippen LogP contribution in [0.25, 0.3) is 10.8 Å². The Hall–Kier alpha value is -1.39. The second-order valence-electron chi connectivity index (χ2n) is 7.04. The summed E-state index contributed by atoms with van der Waals surface area (Å²) in [6, 6.07) is 12.9. The molecule has 3 nitrogen and oxygen atoms in total. The fourth-order valence-corrected chi connectivity index (χ4v) is 4.53. The van der Waals surface area contributed by atoms with Crippen LogP contribution in [0.3, 0.4) is 0 Å². The van der Waals surface area contributed by atoms with Crippen LogP contribution in [0.15, 0.2) is 40.9 Å².